The van der Waals surface area contributed by atoms with Crippen LogP contribution in [0, 0.1) is 0 Å². The van der Waals surface area contributed by atoms with Gasteiger partial charge in [-0.3, -0.25) is 4.79 Å². The topological polar surface area (TPSA) is 57.0 Å². The number of halogens is 2. The van der Waals surface area contributed by atoms with Crippen molar-refractivity contribution < 1.29 is 4.74 Å². The molecule has 0 N–H and O–H groups in total. The molecule has 0 spiro atoms. The maximum atomic E-state index is 11.6. The summed E-state index contributed by atoms with van der Waals surface area (Å²) in [6.45, 7) is 0.207. The van der Waals surface area contributed by atoms with Gasteiger partial charge >= 0.3 is 0 Å². The van der Waals surface area contributed by atoms with Gasteiger partial charge in [-0.25, -0.2) is 9.67 Å². The molecule has 2 rings (SSSR count). The lowest BCUT2D eigenvalue weighted by atomic mass is 10.3. The van der Waals surface area contributed by atoms with E-state index in [1.807, 2.05) is 0 Å². The van der Waals surface area contributed by atoms with Crippen LogP contribution in [-0.4, -0.2) is 21.9 Å². The van der Waals surface area contributed by atoms with E-state index in [4.69, 9.17) is 27.9 Å². The molecule has 0 unspecified atom stereocenters. The van der Waals surface area contributed by atoms with Gasteiger partial charge in [0.15, 0.2) is 0 Å². The molecule has 2 heterocycles. The molecule has 0 bridgehead atoms. The van der Waals surface area contributed by atoms with Crippen LogP contribution in [-0.2, 0) is 6.54 Å². The van der Waals surface area contributed by atoms with Crippen molar-refractivity contribution in [3.63, 3.8) is 0 Å². The van der Waals surface area contributed by atoms with Crippen LogP contribution in [0.1, 0.15) is 5.56 Å². The summed E-state index contributed by atoms with van der Waals surface area (Å²) in [6, 6.07) is 6.18. The van der Waals surface area contributed by atoms with E-state index in [2.05, 4.69) is 10.1 Å². The minimum absolute atomic E-state index is 0.207. The van der Waals surface area contributed by atoms with Crippen molar-refractivity contribution in [2.24, 2.45) is 0 Å². The van der Waals surface area contributed by atoms with E-state index < -0.39 is 0 Å². The van der Waals surface area contributed by atoms with Crippen LogP contribution < -0.4 is 10.3 Å². The summed E-state index contributed by atoms with van der Waals surface area (Å²) in [5.74, 6) is 0.354. The third kappa shape index (κ3) is 2.80. The largest absolute Gasteiger partial charge is 0.480 e. The normalized spacial score (nSPS) is 10.4. The van der Waals surface area contributed by atoms with Gasteiger partial charge in [-0.05, 0) is 6.07 Å². The maximum Gasteiger partial charge on any atom is 0.267 e. The zero-order valence-corrected chi connectivity index (χ0v) is 10.9. The molecule has 5 nitrogen and oxygen atoms in total. The Morgan fingerprint density at radius 2 is 2.06 bits per heavy atom. The molecule has 0 fully saturated rings. The van der Waals surface area contributed by atoms with Gasteiger partial charge in [0.05, 0.1) is 13.7 Å². The average Bonchev–Trinajstić information content (AvgIpc) is 2.35. The predicted molar refractivity (Wildman–Crippen MR) is 68.4 cm³/mol. The first-order valence-electron chi connectivity index (χ1n) is 5.03. The van der Waals surface area contributed by atoms with Crippen LogP contribution in [0.5, 0.6) is 5.88 Å². The third-order valence-corrected chi connectivity index (χ3v) is 2.80. The smallest absolute Gasteiger partial charge is 0.267 e. The van der Waals surface area contributed by atoms with Crippen molar-refractivity contribution in [2.45, 2.75) is 6.54 Å². The number of ether oxygens (including phenoxy) is 1. The zero-order valence-electron chi connectivity index (χ0n) is 9.43. The van der Waals surface area contributed by atoms with Crippen molar-refractivity contribution in [1.82, 2.24) is 14.8 Å². The molecule has 0 aliphatic rings. The molecular weight excluding hydrogens is 277 g/mol. The first kappa shape index (κ1) is 12.9. The molecule has 0 aliphatic heterocycles. The van der Waals surface area contributed by atoms with Gasteiger partial charge in [0.2, 0.25) is 5.88 Å². The first-order chi connectivity index (χ1) is 8.60. The number of hydrogen-bond acceptors (Lipinski definition) is 4. The summed E-state index contributed by atoms with van der Waals surface area (Å²) in [4.78, 5) is 15.5. The third-order valence-electron chi connectivity index (χ3n) is 2.26. The van der Waals surface area contributed by atoms with Crippen molar-refractivity contribution in [2.75, 3.05) is 7.11 Å². The fraction of sp³-hybridized carbons (Fsp3) is 0.182. The molecule has 0 aromatic carbocycles. The lowest BCUT2D eigenvalue weighted by Gasteiger charge is -2.07. The minimum Gasteiger partial charge on any atom is -0.480 e. The van der Waals surface area contributed by atoms with Crippen molar-refractivity contribution in [3.8, 4) is 5.88 Å². The summed E-state index contributed by atoms with van der Waals surface area (Å²) >= 11 is 11.6. The van der Waals surface area contributed by atoms with Gasteiger partial charge in [0, 0.05) is 17.7 Å². The highest BCUT2D eigenvalue weighted by molar-refractivity contribution is 6.32. The maximum absolute atomic E-state index is 11.6. The Labute approximate surface area is 113 Å². The molecule has 0 atom stereocenters. The van der Waals surface area contributed by atoms with E-state index in [1.54, 1.807) is 12.1 Å². The predicted octanol–water partition coefficient (Wildman–Crippen LogP) is 2.00. The van der Waals surface area contributed by atoms with Gasteiger partial charge in [-0.1, -0.05) is 29.3 Å². The summed E-state index contributed by atoms with van der Waals surface area (Å²) < 4.78 is 6.20. The van der Waals surface area contributed by atoms with Crippen LogP contribution in [0.15, 0.2) is 29.1 Å². The number of methoxy groups -OCH3 is 1. The minimum atomic E-state index is -0.248. The Balaban J connectivity index is 2.36. The molecule has 0 aliphatic carbocycles. The van der Waals surface area contributed by atoms with E-state index >= 15 is 0 Å². The lowest BCUT2D eigenvalue weighted by Crippen LogP contribution is -2.22. The highest BCUT2D eigenvalue weighted by Gasteiger charge is 2.06. The van der Waals surface area contributed by atoms with Crippen molar-refractivity contribution in [1.29, 1.82) is 0 Å². The van der Waals surface area contributed by atoms with E-state index in [9.17, 15) is 4.79 Å². The van der Waals surface area contributed by atoms with Crippen LogP contribution in [0.25, 0.3) is 0 Å². The molecule has 7 heteroatoms. The molecule has 2 aromatic rings. The Kier molecular flexibility index (Phi) is 3.84. The van der Waals surface area contributed by atoms with Crippen molar-refractivity contribution in [3.05, 3.63) is 50.5 Å². The molecule has 2 aromatic heterocycles. The highest BCUT2D eigenvalue weighted by Crippen LogP contribution is 2.17. The molecule has 0 amide bonds. The molecule has 0 saturated heterocycles. The first-order valence-corrected chi connectivity index (χ1v) is 5.79. The van der Waals surface area contributed by atoms with Crippen LogP contribution in [0.2, 0.25) is 10.3 Å². The monoisotopic (exact) mass is 285 g/mol. The van der Waals surface area contributed by atoms with E-state index in [0.29, 0.717) is 16.6 Å². The molecular formula is C11H9Cl2N3O2. The van der Waals surface area contributed by atoms with E-state index in [0.717, 1.165) is 0 Å². The fourth-order valence-electron chi connectivity index (χ4n) is 1.37. The quantitative estimate of drug-likeness (QED) is 0.810. The fourth-order valence-corrected chi connectivity index (χ4v) is 1.78. The lowest BCUT2D eigenvalue weighted by molar-refractivity contribution is 0.379. The van der Waals surface area contributed by atoms with Crippen molar-refractivity contribution >= 4 is 23.2 Å². The molecule has 0 saturated carbocycles. The average molecular weight is 286 g/mol. The van der Waals surface area contributed by atoms with E-state index in [-0.39, 0.29) is 17.3 Å². The second-order valence-electron chi connectivity index (χ2n) is 3.46. The molecule has 94 valence electrons. The van der Waals surface area contributed by atoms with Crippen LogP contribution >= 0.6 is 23.2 Å². The molecule has 18 heavy (non-hydrogen) atoms. The molecule has 0 radical (unpaired) electrons. The SMILES string of the molecule is COc1ccc(=O)n(Cc2ccc(Cl)nc2Cl)n1. The number of aromatic nitrogens is 3. The Bertz CT molecular complexity index is 628. The number of nitrogens with zero attached hydrogens (tertiary/aromatic N) is 3. The Morgan fingerprint density at radius 1 is 1.28 bits per heavy atom. The summed E-state index contributed by atoms with van der Waals surface area (Å²) in [5, 5.41) is 4.56. The number of rotatable bonds is 3. The zero-order chi connectivity index (χ0) is 13.1. The Morgan fingerprint density at radius 3 is 2.72 bits per heavy atom. The van der Waals surface area contributed by atoms with Gasteiger partial charge < -0.3 is 4.74 Å². The van der Waals surface area contributed by atoms with Gasteiger partial charge in [0.1, 0.15) is 10.3 Å². The number of hydrogen-bond donors (Lipinski definition) is 0. The standard InChI is InChI=1S/C11H9Cl2N3O2/c1-18-9-4-5-10(17)16(15-9)6-7-2-3-8(12)14-11(7)13/h2-5H,6H2,1H3. The van der Waals surface area contributed by atoms with E-state index in [1.165, 1.54) is 23.9 Å². The van der Waals surface area contributed by atoms with Gasteiger partial charge in [-0.2, -0.15) is 0 Å². The van der Waals surface area contributed by atoms with Gasteiger partial charge in [-0.15, -0.1) is 5.10 Å². The van der Waals surface area contributed by atoms with Gasteiger partial charge in [0.25, 0.3) is 5.56 Å². The summed E-state index contributed by atoms with van der Waals surface area (Å²) in [5.41, 5.74) is 0.408. The highest BCUT2D eigenvalue weighted by atomic mass is 35.5. The summed E-state index contributed by atoms with van der Waals surface area (Å²) in [7, 11) is 1.48. The number of pyridine rings is 1. The summed E-state index contributed by atoms with van der Waals surface area (Å²) in [6.07, 6.45) is 0. The Hall–Kier alpha value is -1.59. The second kappa shape index (κ2) is 5.37. The van der Waals surface area contributed by atoms with Crippen LogP contribution in [0.3, 0.4) is 0 Å². The van der Waals surface area contributed by atoms with Crippen LogP contribution in [0.4, 0.5) is 0 Å². The second-order valence-corrected chi connectivity index (χ2v) is 4.20.